The van der Waals surface area contributed by atoms with Crippen LogP contribution in [-0.2, 0) is 7.05 Å². The fraction of sp³-hybridized carbons (Fsp3) is 0.0370. The van der Waals surface area contributed by atoms with Gasteiger partial charge in [0.2, 0.25) is 0 Å². The number of aryl methyl sites for hydroxylation is 1. The number of rotatable bonds is 6. The topological polar surface area (TPSA) is 81.9 Å². The molecule has 0 unspecified atom stereocenters. The summed E-state index contributed by atoms with van der Waals surface area (Å²) < 4.78 is 7.75. The summed E-state index contributed by atoms with van der Waals surface area (Å²) in [6.07, 6.45) is 7.07. The molecular formula is C27H21N5O2. The summed E-state index contributed by atoms with van der Waals surface area (Å²) in [6, 6.07) is 24.0. The van der Waals surface area contributed by atoms with E-state index < -0.39 is 0 Å². The molecule has 0 saturated heterocycles. The number of anilines is 1. The summed E-state index contributed by atoms with van der Waals surface area (Å²) in [6.45, 7) is 0. The fourth-order valence-electron chi connectivity index (χ4n) is 3.52. The van der Waals surface area contributed by atoms with Gasteiger partial charge in [-0.3, -0.25) is 19.4 Å². The molecule has 3 aromatic heterocycles. The fourth-order valence-corrected chi connectivity index (χ4v) is 3.52. The molecule has 1 amide bonds. The summed E-state index contributed by atoms with van der Waals surface area (Å²) in [5, 5.41) is 7.13. The minimum Gasteiger partial charge on any atom is -0.457 e. The first kappa shape index (κ1) is 21.1. The minimum absolute atomic E-state index is 0.210. The van der Waals surface area contributed by atoms with E-state index in [1.54, 1.807) is 41.5 Å². The Morgan fingerprint density at radius 2 is 1.68 bits per heavy atom. The predicted molar refractivity (Wildman–Crippen MR) is 131 cm³/mol. The third-order valence-electron chi connectivity index (χ3n) is 5.15. The number of hydrogen-bond donors (Lipinski definition) is 1. The van der Waals surface area contributed by atoms with Crippen LogP contribution in [0.15, 0.2) is 104 Å². The number of pyridine rings is 2. The minimum atomic E-state index is -0.210. The van der Waals surface area contributed by atoms with Crippen molar-refractivity contribution in [1.82, 2.24) is 19.7 Å². The Hall–Kier alpha value is -4.78. The molecule has 0 aliphatic heterocycles. The van der Waals surface area contributed by atoms with Crippen molar-refractivity contribution in [3.63, 3.8) is 0 Å². The maximum atomic E-state index is 12.9. The van der Waals surface area contributed by atoms with Crippen LogP contribution >= 0.6 is 0 Å². The molecule has 0 spiro atoms. The maximum Gasteiger partial charge on any atom is 0.255 e. The van der Waals surface area contributed by atoms with E-state index >= 15 is 0 Å². The summed E-state index contributed by atoms with van der Waals surface area (Å²) in [5.74, 6) is 1.03. The molecule has 34 heavy (non-hydrogen) atoms. The Morgan fingerprint density at radius 1 is 0.824 bits per heavy atom. The summed E-state index contributed by atoms with van der Waals surface area (Å²) in [4.78, 5) is 21.6. The number of aromatic nitrogens is 4. The second-order valence-electron chi connectivity index (χ2n) is 7.66. The van der Waals surface area contributed by atoms with Gasteiger partial charge in [0.15, 0.2) is 0 Å². The monoisotopic (exact) mass is 447 g/mol. The number of ether oxygens (including phenoxy) is 1. The molecule has 0 aliphatic rings. The van der Waals surface area contributed by atoms with Crippen molar-refractivity contribution in [3.05, 3.63) is 109 Å². The highest BCUT2D eigenvalue weighted by Crippen LogP contribution is 2.27. The zero-order valence-corrected chi connectivity index (χ0v) is 18.4. The molecule has 3 heterocycles. The average molecular weight is 447 g/mol. The van der Waals surface area contributed by atoms with Crippen molar-refractivity contribution in [2.75, 3.05) is 5.32 Å². The molecule has 0 saturated carbocycles. The van der Waals surface area contributed by atoms with E-state index in [1.165, 1.54) is 0 Å². The first-order chi connectivity index (χ1) is 16.6. The normalized spacial score (nSPS) is 10.6. The number of nitrogens with zero attached hydrogens (tertiary/aromatic N) is 4. The lowest BCUT2D eigenvalue weighted by Crippen LogP contribution is -2.11. The SMILES string of the molecule is Cn1cc(-c2cc(Oc3cccc(NC(=O)c4cccc(-c5ccccn5)c4)c3)ccn2)cn1. The second kappa shape index (κ2) is 9.38. The van der Waals surface area contributed by atoms with Crippen LogP contribution in [0.1, 0.15) is 10.4 Å². The van der Waals surface area contributed by atoms with Crippen molar-refractivity contribution in [2.45, 2.75) is 0 Å². The van der Waals surface area contributed by atoms with E-state index in [0.29, 0.717) is 22.7 Å². The van der Waals surface area contributed by atoms with Crippen molar-refractivity contribution in [2.24, 2.45) is 7.05 Å². The first-order valence-electron chi connectivity index (χ1n) is 10.7. The van der Waals surface area contributed by atoms with Crippen LogP contribution in [0, 0.1) is 0 Å². The molecular weight excluding hydrogens is 426 g/mol. The van der Waals surface area contributed by atoms with E-state index in [4.69, 9.17) is 4.74 Å². The zero-order valence-electron chi connectivity index (χ0n) is 18.4. The lowest BCUT2D eigenvalue weighted by Gasteiger charge is -2.10. The number of carbonyl (C=O) groups excluding carboxylic acids is 1. The molecule has 5 aromatic rings. The van der Waals surface area contributed by atoms with Gasteiger partial charge in [-0.1, -0.05) is 24.3 Å². The van der Waals surface area contributed by atoms with E-state index in [1.807, 2.05) is 73.9 Å². The van der Waals surface area contributed by atoms with Gasteiger partial charge >= 0.3 is 0 Å². The van der Waals surface area contributed by atoms with Crippen LogP contribution < -0.4 is 10.1 Å². The first-order valence-corrected chi connectivity index (χ1v) is 10.7. The molecule has 2 aromatic carbocycles. The Bertz CT molecular complexity index is 1450. The highest BCUT2D eigenvalue weighted by Gasteiger charge is 2.10. The van der Waals surface area contributed by atoms with Crippen molar-refractivity contribution >= 4 is 11.6 Å². The van der Waals surface area contributed by atoms with Gasteiger partial charge in [0.1, 0.15) is 11.5 Å². The second-order valence-corrected chi connectivity index (χ2v) is 7.66. The van der Waals surface area contributed by atoms with Crippen LogP contribution in [0.3, 0.4) is 0 Å². The van der Waals surface area contributed by atoms with Gasteiger partial charge in [-0.15, -0.1) is 0 Å². The van der Waals surface area contributed by atoms with Gasteiger partial charge in [-0.05, 0) is 42.5 Å². The van der Waals surface area contributed by atoms with E-state index in [9.17, 15) is 4.79 Å². The molecule has 0 bridgehead atoms. The van der Waals surface area contributed by atoms with Crippen molar-refractivity contribution in [1.29, 1.82) is 0 Å². The summed E-state index contributed by atoms with van der Waals surface area (Å²) in [7, 11) is 1.86. The quantitative estimate of drug-likeness (QED) is 0.367. The molecule has 1 N–H and O–H groups in total. The number of hydrogen-bond acceptors (Lipinski definition) is 5. The Kier molecular flexibility index (Phi) is 5.82. The van der Waals surface area contributed by atoms with E-state index in [0.717, 1.165) is 22.5 Å². The average Bonchev–Trinajstić information content (AvgIpc) is 3.31. The van der Waals surface area contributed by atoms with Crippen molar-refractivity contribution in [3.8, 4) is 34.0 Å². The Balaban J connectivity index is 1.31. The Labute approximate surface area is 196 Å². The zero-order chi connectivity index (χ0) is 23.3. The van der Waals surface area contributed by atoms with Crippen LogP contribution in [-0.4, -0.2) is 25.7 Å². The van der Waals surface area contributed by atoms with Crippen LogP contribution in [0.4, 0.5) is 5.69 Å². The van der Waals surface area contributed by atoms with Crippen LogP contribution in [0.25, 0.3) is 22.5 Å². The molecule has 0 aliphatic carbocycles. The summed E-state index contributed by atoms with van der Waals surface area (Å²) >= 11 is 0. The van der Waals surface area contributed by atoms with Gasteiger partial charge < -0.3 is 10.1 Å². The molecule has 5 rings (SSSR count). The summed E-state index contributed by atoms with van der Waals surface area (Å²) in [5.41, 5.74) is 4.55. The molecule has 0 atom stereocenters. The molecule has 7 heteroatoms. The van der Waals surface area contributed by atoms with Gasteiger partial charge in [0.25, 0.3) is 5.91 Å². The smallest absolute Gasteiger partial charge is 0.255 e. The van der Waals surface area contributed by atoms with Gasteiger partial charge in [0, 0.05) is 60.1 Å². The lowest BCUT2D eigenvalue weighted by molar-refractivity contribution is 0.102. The maximum absolute atomic E-state index is 12.9. The molecule has 0 fully saturated rings. The molecule has 0 radical (unpaired) electrons. The van der Waals surface area contributed by atoms with Gasteiger partial charge in [-0.25, -0.2) is 0 Å². The number of benzene rings is 2. The van der Waals surface area contributed by atoms with E-state index in [2.05, 4.69) is 20.4 Å². The predicted octanol–water partition coefficient (Wildman–Crippen LogP) is 5.59. The lowest BCUT2D eigenvalue weighted by atomic mass is 10.1. The largest absolute Gasteiger partial charge is 0.457 e. The molecule has 166 valence electrons. The Morgan fingerprint density at radius 3 is 2.50 bits per heavy atom. The van der Waals surface area contributed by atoms with E-state index in [-0.39, 0.29) is 5.91 Å². The van der Waals surface area contributed by atoms with Crippen LogP contribution in [0.2, 0.25) is 0 Å². The highest BCUT2D eigenvalue weighted by molar-refractivity contribution is 6.05. The van der Waals surface area contributed by atoms with Gasteiger partial charge in [-0.2, -0.15) is 5.10 Å². The van der Waals surface area contributed by atoms with Crippen molar-refractivity contribution < 1.29 is 9.53 Å². The molecule has 7 nitrogen and oxygen atoms in total. The van der Waals surface area contributed by atoms with Crippen LogP contribution in [0.5, 0.6) is 11.5 Å². The third kappa shape index (κ3) is 4.83. The third-order valence-corrected chi connectivity index (χ3v) is 5.15. The number of carbonyl (C=O) groups is 1. The highest BCUT2D eigenvalue weighted by atomic mass is 16.5. The number of amides is 1. The van der Waals surface area contributed by atoms with Gasteiger partial charge in [0.05, 0.1) is 17.6 Å². The number of nitrogens with one attached hydrogen (secondary N) is 1. The standard InChI is InChI=1S/C27H21N5O2/c1-32-18-21(17-30-32)26-16-24(11-13-29-26)34-23-9-5-8-22(15-23)31-27(33)20-7-4-6-19(14-20)25-10-2-3-12-28-25/h2-18H,1H3,(H,31,33).